The third kappa shape index (κ3) is 4.10. The van der Waals surface area contributed by atoms with Crippen LogP contribution in [0.2, 0.25) is 0 Å². The van der Waals surface area contributed by atoms with E-state index < -0.39 is 18.1 Å². The number of amides is 1. The van der Waals surface area contributed by atoms with Crippen molar-refractivity contribution in [2.45, 2.75) is 43.9 Å². The predicted molar refractivity (Wildman–Crippen MR) is 120 cm³/mol. The summed E-state index contributed by atoms with van der Waals surface area (Å²) in [7, 11) is 3.10. The first-order valence-corrected chi connectivity index (χ1v) is 11.0. The molecule has 2 aromatic rings. The zero-order valence-corrected chi connectivity index (χ0v) is 18.9. The van der Waals surface area contributed by atoms with Crippen molar-refractivity contribution in [3.8, 4) is 0 Å². The van der Waals surface area contributed by atoms with E-state index in [2.05, 4.69) is 31.3 Å². The molecular formula is C25H30F3N3O. The highest BCUT2D eigenvalue weighted by Gasteiger charge is 2.47. The van der Waals surface area contributed by atoms with E-state index >= 15 is 0 Å². The van der Waals surface area contributed by atoms with Gasteiger partial charge in [0.2, 0.25) is 5.91 Å². The van der Waals surface area contributed by atoms with Crippen molar-refractivity contribution in [3.63, 3.8) is 0 Å². The van der Waals surface area contributed by atoms with Crippen molar-refractivity contribution in [1.29, 1.82) is 0 Å². The molecule has 1 saturated heterocycles. The van der Waals surface area contributed by atoms with E-state index in [1.54, 1.807) is 12.1 Å². The molecule has 1 N–H and O–H groups in total. The molecule has 2 atom stereocenters. The SMILES string of the molecule is CN1CC(C(=O)N(C)C(c2ccc(NC3Cc4ccccc4C3(C)C)cc2)C(F)(F)F)C1. The Bertz CT molecular complexity index is 981. The Kier molecular flexibility index (Phi) is 5.74. The number of likely N-dealkylation sites (tertiary alicyclic amines) is 1. The van der Waals surface area contributed by atoms with Gasteiger partial charge in [0.15, 0.2) is 6.04 Å². The molecule has 0 spiro atoms. The van der Waals surface area contributed by atoms with Crippen LogP contribution in [-0.2, 0) is 16.6 Å². The number of alkyl halides is 3. The highest BCUT2D eigenvalue weighted by Crippen LogP contribution is 2.41. The second kappa shape index (κ2) is 8.10. The Morgan fingerprint density at radius 3 is 2.31 bits per heavy atom. The van der Waals surface area contributed by atoms with Gasteiger partial charge >= 0.3 is 6.18 Å². The summed E-state index contributed by atoms with van der Waals surface area (Å²) >= 11 is 0. The van der Waals surface area contributed by atoms with Gasteiger partial charge in [0.25, 0.3) is 0 Å². The molecule has 32 heavy (non-hydrogen) atoms. The lowest BCUT2D eigenvalue weighted by Crippen LogP contribution is -2.53. The summed E-state index contributed by atoms with van der Waals surface area (Å²) in [6.45, 7) is 5.36. The van der Waals surface area contributed by atoms with Gasteiger partial charge in [0.1, 0.15) is 0 Å². The fraction of sp³-hybridized carbons (Fsp3) is 0.480. The van der Waals surface area contributed by atoms with E-state index in [1.165, 1.54) is 30.3 Å². The minimum absolute atomic E-state index is 0.0700. The Hall–Kier alpha value is -2.54. The zero-order valence-electron chi connectivity index (χ0n) is 18.9. The van der Waals surface area contributed by atoms with Crippen molar-refractivity contribution in [3.05, 3.63) is 65.2 Å². The van der Waals surface area contributed by atoms with E-state index in [4.69, 9.17) is 0 Å². The summed E-state index contributed by atoms with van der Waals surface area (Å²) in [5.74, 6) is -0.833. The first-order valence-electron chi connectivity index (χ1n) is 11.0. The van der Waals surface area contributed by atoms with Crippen molar-refractivity contribution in [2.75, 3.05) is 32.5 Å². The first-order chi connectivity index (χ1) is 15.0. The number of rotatable bonds is 5. The fourth-order valence-electron chi connectivity index (χ4n) is 5.09. The molecule has 0 aromatic heterocycles. The Morgan fingerprint density at radius 1 is 1.12 bits per heavy atom. The molecule has 1 fully saturated rings. The quantitative estimate of drug-likeness (QED) is 0.729. The number of hydrogen-bond donors (Lipinski definition) is 1. The second-order valence-corrected chi connectivity index (χ2v) is 9.71. The summed E-state index contributed by atoms with van der Waals surface area (Å²) < 4.78 is 41.8. The van der Waals surface area contributed by atoms with Crippen LogP contribution in [0.3, 0.4) is 0 Å². The van der Waals surface area contributed by atoms with Crippen molar-refractivity contribution in [2.24, 2.45) is 5.92 Å². The highest BCUT2D eigenvalue weighted by molar-refractivity contribution is 5.80. The molecule has 1 aliphatic heterocycles. The molecule has 2 unspecified atom stereocenters. The average molecular weight is 446 g/mol. The third-order valence-electron chi connectivity index (χ3n) is 7.03. The molecule has 172 valence electrons. The van der Waals surface area contributed by atoms with E-state index in [0.717, 1.165) is 17.0 Å². The van der Waals surface area contributed by atoms with Crippen LogP contribution in [0.4, 0.5) is 18.9 Å². The van der Waals surface area contributed by atoms with Gasteiger partial charge in [0.05, 0.1) is 5.92 Å². The maximum atomic E-state index is 13.9. The number of fused-ring (bicyclic) bond motifs is 1. The van der Waals surface area contributed by atoms with Gasteiger partial charge in [-0.15, -0.1) is 0 Å². The molecule has 2 aromatic carbocycles. The van der Waals surface area contributed by atoms with E-state index in [0.29, 0.717) is 13.1 Å². The molecule has 2 aliphatic rings. The third-order valence-corrected chi connectivity index (χ3v) is 7.03. The average Bonchev–Trinajstić information content (AvgIpc) is 2.95. The summed E-state index contributed by atoms with van der Waals surface area (Å²) in [5.41, 5.74) is 3.35. The van der Waals surface area contributed by atoms with Crippen LogP contribution in [0, 0.1) is 5.92 Å². The monoisotopic (exact) mass is 445 g/mol. The minimum Gasteiger partial charge on any atom is -0.381 e. The molecule has 4 nitrogen and oxygen atoms in total. The number of carbonyl (C=O) groups excluding carboxylic acids is 1. The summed E-state index contributed by atoms with van der Waals surface area (Å²) in [5, 5.41) is 3.51. The molecule has 0 bridgehead atoms. The van der Waals surface area contributed by atoms with E-state index in [9.17, 15) is 18.0 Å². The first kappa shape index (κ1) is 22.6. The topological polar surface area (TPSA) is 35.6 Å². The van der Waals surface area contributed by atoms with Crippen molar-refractivity contribution in [1.82, 2.24) is 9.80 Å². The molecule has 7 heteroatoms. The molecular weight excluding hydrogens is 415 g/mol. The number of benzene rings is 2. The van der Waals surface area contributed by atoms with Gasteiger partial charge in [-0.1, -0.05) is 50.2 Å². The smallest absolute Gasteiger partial charge is 0.381 e. The Balaban J connectivity index is 1.51. The zero-order chi connectivity index (χ0) is 23.3. The number of carbonyl (C=O) groups is 1. The predicted octanol–water partition coefficient (Wildman–Crippen LogP) is 4.62. The Labute approximate surface area is 187 Å². The Morgan fingerprint density at radius 2 is 1.75 bits per heavy atom. The minimum atomic E-state index is -4.55. The van der Waals surface area contributed by atoms with Crippen LogP contribution in [0.15, 0.2) is 48.5 Å². The number of hydrogen-bond acceptors (Lipinski definition) is 3. The van der Waals surface area contributed by atoms with E-state index in [-0.39, 0.29) is 22.9 Å². The van der Waals surface area contributed by atoms with Gasteiger partial charge < -0.3 is 15.1 Å². The normalized spacial score (nSPS) is 21.5. The van der Waals surface area contributed by atoms with Crippen LogP contribution >= 0.6 is 0 Å². The molecule has 0 saturated carbocycles. The van der Waals surface area contributed by atoms with Gasteiger partial charge in [-0.3, -0.25) is 4.79 Å². The number of anilines is 1. The van der Waals surface area contributed by atoms with Gasteiger partial charge in [-0.05, 0) is 42.3 Å². The van der Waals surface area contributed by atoms with Gasteiger partial charge in [-0.25, -0.2) is 0 Å². The van der Waals surface area contributed by atoms with Gasteiger partial charge in [0, 0.05) is 37.3 Å². The van der Waals surface area contributed by atoms with Crippen LogP contribution in [0.5, 0.6) is 0 Å². The van der Waals surface area contributed by atoms with Gasteiger partial charge in [-0.2, -0.15) is 13.2 Å². The summed E-state index contributed by atoms with van der Waals surface area (Å²) in [6.07, 6.45) is -3.69. The molecule has 1 heterocycles. The second-order valence-electron chi connectivity index (χ2n) is 9.71. The lowest BCUT2D eigenvalue weighted by atomic mass is 9.83. The van der Waals surface area contributed by atoms with Crippen molar-refractivity contribution >= 4 is 11.6 Å². The largest absolute Gasteiger partial charge is 0.413 e. The van der Waals surface area contributed by atoms with Crippen molar-refractivity contribution < 1.29 is 18.0 Å². The van der Waals surface area contributed by atoms with Crippen LogP contribution in [0.25, 0.3) is 0 Å². The molecule has 0 radical (unpaired) electrons. The standard InChI is InChI=1S/C25H30F3N3O/c1-24(2)20-8-6-5-7-17(20)13-21(24)29-19-11-9-16(10-12-19)22(25(26,27)28)31(4)23(32)18-14-30(3)15-18/h5-12,18,21-22,29H,13-15H2,1-4H3. The highest BCUT2D eigenvalue weighted by atomic mass is 19.4. The summed E-state index contributed by atoms with van der Waals surface area (Å²) in [6, 6.07) is 12.8. The molecule has 1 amide bonds. The van der Waals surface area contributed by atoms with Crippen LogP contribution in [-0.4, -0.2) is 55.1 Å². The lowest BCUT2D eigenvalue weighted by molar-refractivity contribution is -0.192. The maximum absolute atomic E-state index is 13.9. The lowest BCUT2D eigenvalue weighted by Gasteiger charge is -2.40. The molecule has 4 rings (SSSR count). The number of nitrogens with one attached hydrogen (secondary N) is 1. The number of nitrogens with zero attached hydrogens (tertiary/aromatic N) is 2. The molecule has 1 aliphatic carbocycles. The number of halogens is 3. The van der Waals surface area contributed by atoms with Crippen LogP contribution in [0.1, 0.15) is 36.6 Å². The summed E-state index contributed by atoms with van der Waals surface area (Å²) in [4.78, 5) is 15.4. The van der Waals surface area contributed by atoms with Crippen LogP contribution < -0.4 is 5.32 Å². The fourth-order valence-corrected chi connectivity index (χ4v) is 5.09. The van der Waals surface area contributed by atoms with E-state index in [1.807, 2.05) is 24.1 Å². The maximum Gasteiger partial charge on any atom is 0.413 e.